The minimum atomic E-state index is -0.705. The van der Waals surface area contributed by atoms with Crippen molar-refractivity contribution < 1.29 is 29.6 Å². The lowest BCUT2D eigenvalue weighted by molar-refractivity contribution is -0.160. The Balaban J connectivity index is 2.30. The van der Waals surface area contributed by atoms with Crippen LogP contribution in [0.25, 0.3) is 0 Å². The van der Waals surface area contributed by atoms with E-state index in [1.165, 1.54) is 12.1 Å². The number of aromatic hydroxyl groups is 2. The van der Waals surface area contributed by atoms with E-state index in [-0.39, 0.29) is 36.9 Å². The van der Waals surface area contributed by atoms with Gasteiger partial charge in [-0.2, -0.15) is 0 Å². The normalized spacial score (nSPS) is 13.1. The predicted molar refractivity (Wildman–Crippen MR) is 92.2 cm³/mol. The van der Waals surface area contributed by atoms with Crippen LogP contribution in [-0.2, 0) is 20.7 Å². The fraction of sp³-hybridized carbons (Fsp3) is 0.556. The van der Waals surface area contributed by atoms with Crippen molar-refractivity contribution in [1.29, 1.82) is 0 Å². The molecule has 1 rings (SSSR count). The molecule has 7 heteroatoms. The number of hydrogen-bond donors (Lipinski definition) is 4. The summed E-state index contributed by atoms with van der Waals surface area (Å²) in [6.45, 7) is 3.92. The maximum Gasteiger partial charge on any atom is 0.306 e. The van der Waals surface area contributed by atoms with Crippen LogP contribution in [0.4, 0.5) is 0 Å². The van der Waals surface area contributed by atoms with E-state index in [2.05, 4.69) is 5.32 Å². The van der Waals surface area contributed by atoms with E-state index < -0.39 is 11.6 Å². The average Bonchev–Trinajstić information content (AvgIpc) is 2.56. The lowest BCUT2D eigenvalue weighted by atomic mass is 9.99. The van der Waals surface area contributed by atoms with Crippen molar-refractivity contribution in [3.63, 3.8) is 0 Å². The molecule has 1 unspecified atom stereocenters. The molecule has 0 aliphatic rings. The molecule has 0 aliphatic carbocycles. The topological polar surface area (TPSA) is 116 Å². The lowest BCUT2D eigenvalue weighted by Gasteiger charge is -2.27. The summed E-state index contributed by atoms with van der Waals surface area (Å²) in [6, 6.07) is 4.48. The first kappa shape index (κ1) is 20.8. The Hall–Kier alpha value is -2.28. The second-order valence-electron chi connectivity index (χ2n) is 6.17. The van der Waals surface area contributed by atoms with Crippen molar-refractivity contribution in [2.75, 3.05) is 13.2 Å². The largest absolute Gasteiger partial charge is 0.504 e. The van der Waals surface area contributed by atoms with Gasteiger partial charge < -0.3 is 25.4 Å². The summed E-state index contributed by atoms with van der Waals surface area (Å²) in [5.41, 5.74) is 0.0705. The average molecular weight is 353 g/mol. The van der Waals surface area contributed by atoms with Crippen LogP contribution in [0.5, 0.6) is 11.5 Å². The van der Waals surface area contributed by atoms with Gasteiger partial charge in [-0.15, -0.1) is 0 Å². The molecule has 4 N–H and O–H groups in total. The SMILES string of the molecule is CCC(C)(CCO)OC(=O)CCC(=O)NCCc1ccc(O)c(O)c1. The summed E-state index contributed by atoms with van der Waals surface area (Å²) in [4.78, 5) is 23.6. The molecule has 1 amide bonds. The lowest BCUT2D eigenvalue weighted by Crippen LogP contribution is -2.33. The number of ether oxygens (including phenoxy) is 1. The van der Waals surface area contributed by atoms with Gasteiger partial charge in [0, 0.05) is 26.0 Å². The molecule has 0 bridgehead atoms. The number of esters is 1. The molecule has 0 saturated carbocycles. The van der Waals surface area contributed by atoms with Crippen molar-refractivity contribution in [3.8, 4) is 11.5 Å². The molecule has 0 fully saturated rings. The highest BCUT2D eigenvalue weighted by Gasteiger charge is 2.26. The standard InChI is InChI=1S/C18H27NO6/c1-3-18(2,9-11-20)25-17(24)7-6-16(23)19-10-8-13-4-5-14(21)15(22)12-13/h4-5,12,20-22H,3,6-11H2,1-2H3,(H,19,23). The number of rotatable bonds is 10. The van der Waals surface area contributed by atoms with Crippen molar-refractivity contribution >= 4 is 11.9 Å². The van der Waals surface area contributed by atoms with Crippen molar-refractivity contribution in [2.45, 2.75) is 51.6 Å². The molecule has 0 aromatic heterocycles. The van der Waals surface area contributed by atoms with E-state index in [0.717, 1.165) is 5.56 Å². The van der Waals surface area contributed by atoms with Crippen LogP contribution in [0, 0.1) is 0 Å². The second-order valence-corrected chi connectivity index (χ2v) is 6.17. The monoisotopic (exact) mass is 353 g/mol. The Kier molecular flexibility index (Phi) is 8.21. The maximum atomic E-state index is 11.8. The number of nitrogens with one attached hydrogen (secondary N) is 1. The van der Waals surface area contributed by atoms with Crippen LogP contribution in [0.1, 0.15) is 45.1 Å². The van der Waals surface area contributed by atoms with E-state index in [4.69, 9.17) is 9.84 Å². The number of aliphatic hydroxyl groups excluding tert-OH is 1. The summed E-state index contributed by atoms with van der Waals surface area (Å²) in [5, 5.41) is 30.3. The first-order chi connectivity index (χ1) is 11.8. The van der Waals surface area contributed by atoms with Gasteiger partial charge in [-0.1, -0.05) is 13.0 Å². The number of phenolic OH excluding ortho intramolecular Hbond substituents is 2. The zero-order chi connectivity index (χ0) is 18.9. The molecular weight excluding hydrogens is 326 g/mol. The van der Waals surface area contributed by atoms with Crippen molar-refractivity contribution in [3.05, 3.63) is 23.8 Å². The van der Waals surface area contributed by atoms with Crippen LogP contribution in [0.3, 0.4) is 0 Å². The molecule has 0 saturated heterocycles. The third-order valence-corrected chi connectivity index (χ3v) is 4.08. The van der Waals surface area contributed by atoms with Gasteiger partial charge in [-0.25, -0.2) is 0 Å². The molecule has 0 heterocycles. The fourth-order valence-corrected chi connectivity index (χ4v) is 2.24. The number of hydrogen-bond acceptors (Lipinski definition) is 6. The fourth-order valence-electron chi connectivity index (χ4n) is 2.24. The van der Waals surface area contributed by atoms with Crippen LogP contribution < -0.4 is 5.32 Å². The third-order valence-electron chi connectivity index (χ3n) is 4.08. The molecule has 1 aromatic carbocycles. The zero-order valence-corrected chi connectivity index (χ0v) is 14.7. The molecule has 7 nitrogen and oxygen atoms in total. The van der Waals surface area contributed by atoms with Gasteiger partial charge in [0.05, 0.1) is 6.42 Å². The van der Waals surface area contributed by atoms with Gasteiger partial charge in [0.2, 0.25) is 5.91 Å². The highest BCUT2D eigenvalue weighted by atomic mass is 16.6. The molecule has 1 atom stereocenters. The third kappa shape index (κ3) is 7.43. The van der Waals surface area contributed by atoms with Crippen molar-refractivity contribution in [2.24, 2.45) is 0 Å². The van der Waals surface area contributed by atoms with Gasteiger partial charge in [-0.3, -0.25) is 9.59 Å². The van der Waals surface area contributed by atoms with Gasteiger partial charge in [0.15, 0.2) is 11.5 Å². The van der Waals surface area contributed by atoms with Gasteiger partial charge in [-0.05, 0) is 37.5 Å². The Morgan fingerprint density at radius 2 is 1.92 bits per heavy atom. The first-order valence-electron chi connectivity index (χ1n) is 8.40. The number of carbonyl (C=O) groups is 2. The van der Waals surface area contributed by atoms with E-state index in [0.29, 0.717) is 25.8 Å². The highest BCUT2D eigenvalue weighted by Crippen LogP contribution is 2.24. The summed E-state index contributed by atoms with van der Waals surface area (Å²) in [6.07, 6.45) is 1.45. The quantitative estimate of drug-likeness (QED) is 0.375. The second kappa shape index (κ2) is 9.88. The number of phenols is 2. The van der Waals surface area contributed by atoms with Crippen LogP contribution >= 0.6 is 0 Å². The van der Waals surface area contributed by atoms with Crippen molar-refractivity contribution in [1.82, 2.24) is 5.32 Å². The van der Waals surface area contributed by atoms with Crippen LogP contribution in [0.15, 0.2) is 18.2 Å². The number of aliphatic hydroxyl groups is 1. The first-order valence-corrected chi connectivity index (χ1v) is 8.40. The Bertz CT molecular complexity index is 589. The molecule has 0 aliphatic heterocycles. The Morgan fingerprint density at radius 1 is 1.20 bits per heavy atom. The summed E-state index contributed by atoms with van der Waals surface area (Å²) in [5.74, 6) is -1.11. The van der Waals surface area contributed by atoms with Gasteiger partial charge >= 0.3 is 5.97 Å². The molecule has 0 spiro atoms. The smallest absolute Gasteiger partial charge is 0.306 e. The zero-order valence-electron chi connectivity index (χ0n) is 14.7. The highest BCUT2D eigenvalue weighted by molar-refractivity contribution is 5.81. The summed E-state index contributed by atoms with van der Waals surface area (Å²) in [7, 11) is 0. The molecule has 140 valence electrons. The minimum absolute atomic E-state index is 0.0210. The molecule has 0 radical (unpaired) electrons. The maximum absolute atomic E-state index is 11.8. The predicted octanol–water partition coefficient (Wildman–Crippen LogP) is 1.63. The Labute approximate surface area is 147 Å². The van der Waals surface area contributed by atoms with Crippen LogP contribution in [0.2, 0.25) is 0 Å². The Morgan fingerprint density at radius 3 is 2.52 bits per heavy atom. The van der Waals surface area contributed by atoms with Gasteiger partial charge in [0.1, 0.15) is 5.60 Å². The van der Waals surface area contributed by atoms with E-state index in [1.54, 1.807) is 13.0 Å². The molecule has 1 aromatic rings. The van der Waals surface area contributed by atoms with E-state index in [9.17, 15) is 19.8 Å². The number of amides is 1. The summed E-state index contributed by atoms with van der Waals surface area (Å²) >= 11 is 0. The van der Waals surface area contributed by atoms with E-state index in [1.807, 2.05) is 6.92 Å². The molecule has 25 heavy (non-hydrogen) atoms. The number of carbonyl (C=O) groups excluding carboxylic acids is 2. The van der Waals surface area contributed by atoms with Crippen LogP contribution in [-0.4, -0.2) is 45.9 Å². The number of benzene rings is 1. The van der Waals surface area contributed by atoms with Gasteiger partial charge in [0.25, 0.3) is 0 Å². The minimum Gasteiger partial charge on any atom is -0.504 e. The summed E-state index contributed by atoms with van der Waals surface area (Å²) < 4.78 is 5.35. The molecular formula is C18H27NO6. The van der Waals surface area contributed by atoms with E-state index >= 15 is 0 Å².